The van der Waals surface area contributed by atoms with Gasteiger partial charge in [-0.3, -0.25) is 5.32 Å². The third-order valence-electron chi connectivity index (χ3n) is 2.07. The molecule has 0 atom stereocenters. The number of nitrogens with one attached hydrogen (secondary N) is 1. The Morgan fingerprint density at radius 1 is 1.10 bits per heavy atom. The Balaban J connectivity index is 2.30. The van der Waals surface area contributed by atoms with Crippen LogP contribution in [0.2, 0.25) is 0 Å². The number of rotatable bonds is 4. The van der Waals surface area contributed by atoms with E-state index in [1.165, 1.54) is 24.6 Å². The summed E-state index contributed by atoms with van der Waals surface area (Å²) in [5, 5.41) is 2.43. The lowest BCUT2D eigenvalue weighted by Crippen LogP contribution is -2.29. The second kappa shape index (κ2) is 7.89. The fraction of sp³-hybridized carbons (Fsp3) is 0.250. The molecule has 1 aromatic carbocycles. The Labute approximate surface area is 124 Å². The normalized spacial score (nSPS) is 11.6. The molecule has 0 bridgehead atoms. The molecule has 1 N–H and O–H groups in total. The van der Waals surface area contributed by atoms with Gasteiger partial charge < -0.3 is 9.47 Å². The molecule has 0 aromatic heterocycles. The van der Waals surface area contributed by atoms with Crippen molar-refractivity contribution in [2.75, 3.05) is 0 Å². The van der Waals surface area contributed by atoms with Gasteiger partial charge in [-0.05, 0) is 45.1 Å². The van der Waals surface area contributed by atoms with Gasteiger partial charge >= 0.3 is 12.1 Å². The first-order chi connectivity index (χ1) is 9.88. The zero-order valence-corrected chi connectivity index (χ0v) is 12.3. The molecule has 0 aliphatic rings. The molecule has 5 heteroatoms. The lowest BCUT2D eigenvalue weighted by atomic mass is 10.2. The Morgan fingerprint density at radius 2 is 1.76 bits per heavy atom. The highest BCUT2D eigenvalue weighted by atomic mass is 16.6. The maximum Gasteiger partial charge on any atom is 0.411 e. The Morgan fingerprint density at radius 3 is 2.38 bits per heavy atom. The van der Waals surface area contributed by atoms with E-state index in [9.17, 15) is 9.59 Å². The molecule has 0 heterocycles. The van der Waals surface area contributed by atoms with Crippen LogP contribution in [-0.2, 0) is 9.47 Å². The van der Waals surface area contributed by atoms with E-state index in [1.54, 1.807) is 45.0 Å². The van der Waals surface area contributed by atoms with Crippen molar-refractivity contribution in [1.29, 1.82) is 0 Å². The summed E-state index contributed by atoms with van der Waals surface area (Å²) >= 11 is 0. The minimum absolute atomic E-state index is 0.444. The SMILES string of the molecule is CC(C)(C)OC(=O)N/C=C/C=C/OC(=O)c1ccccc1. The maximum atomic E-state index is 11.6. The van der Waals surface area contributed by atoms with Crippen LogP contribution < -0.4 is 5.32 Å². The number of ether oxygens (including phenoxy) is 2. The lowest BCUT2D eigenvalue weighted by molar-refractivity contribution is 0.0551. The first-order valence-electron chi connectivity index (χ1n) is 6.46. The van der Waals surface area contributed by atoms with E-state index in [1.807, 2.05) is 6.07 Å². The highest BCUT2D eigenvalue weighted by Crippen LogP contribution is 2.06. The molecule has 21 heavy (non-hydrogen) atoms. The van der Waals surface area contributed by atoms with Crippen molar-refractivity contribution in [2.24, 2.45) is 0 Å². The molecular formula is C16H19NO4. The van der Waals surface area contributed by atoms with Crippen molar-refractivity contribution in [3.63, 3.8) is 0 Å². The van der Waals surface area contributed by atoms with Crippen molar-refractivity contribution in [3.8, 4) is 0 Å². The molecule has 1 amide bonds. The molecule has 0 aliphatic heterocycles. The van der Waals surface area contributed by atoms with Crippen LogP contribution in [0.3, 0.4) is 0 Å². The van der Waals surface area contributed by atoms with Gasteiger partial charge in [0.15, 0.2) is 0 Å². The van der Waals surface area contributed by atoms with Crippen LogP contribution >= 0.6 is 0 Å². The average Bonchev–Trinajstić information content (AvgIpc) is 2.41. The van der Waals surface area contributed by atoms with E-state index in [4.69, 9.17) is 9.47 Å². The van der Waals surface area contributed by atoms with Crippen molar-refractivity contribution in [1.82, 2.24) is 5.32 Å². The zero-order valence-electron chi connectivity index (χ0n) is 12.3. The second-order valence-electron chi connectivity index (χ2n) is 5.11. The largest absolute Gasteiger partial charge is 0.444 e. The van der Waals surface area contributed by atoms with Crippen LogP contribution in [0.4, 0.5) is 4.79 Å². The van der Waals surface area contributed by atoms with Gasteiger partial charge in [-0.2, -0.15) is 0 Å². The van der Waals surface area contributed by atoms with Gasteiger partial charge in [0.1, 0.15) is 5.60 Å². The Bertz CT molecular complexity index is 527. The third-order valence-corrected chi connectivity index (χ3v) is 2.07. The molecule has 0 saturated carbocycles. The molecule has 0 radical (unpaired) electrons. The van der Waals surface area contributed by atoms with E-state index in [-0.39, 0.29) is 0 Å². The van der Waals surface area contributed by atoms with Crippen LogP contribution in [0.1, 0.15) is 31.1 Å². The molecule has 5 nitrogen and oxygen atoms in total. The lowest BCUT2D eigenvalue weighted by Gasteiger charge is -2.18. The van der Waals surface area contributed by atoms with E-state index in [0.29, 0.717) is 5.56 Å². The Hall–Kier alpha value is -2.56. The predicted molar refractivity (Wildman–Crippen MR) is 79.5 cm³/mol. The van der Waals surface area contributed by atoms with Crippen LogP contribution in [0.25, 0.3) is 0 Å². The molecule has 1 aromatic rings. The van der Waals surface area contributed by atoms with Crippen LogP contribution in [0.5, 0.6) is 0 Å². The van der Waals surface area contributed by atoms with Crippen LogP contribution in [-0.4, -0.2) is 17.7 Å². The summed E-state index contributed by atoms with van der Waals surface area (Å²) in [4.78, 5) is 22.8. The minimum atomic E-state index is -0.548. The van der Waals surface area contributed by atoms with Crippen molar-refractivity contribution in [3.05, 3.63) is 60.5 Å². The van der Waals surface area contributed by atoms with Crippen molar-refractivity contribution >= 4 is 12.1 Å². The van der Waals surface area contributed by atoms with E-state index in [2.05, 4.69) is 5.32 Å². The fourth-order valence-electron chi connectivity index (χ4n) is 1.27. The summed E-state index contributed by atoms with van der Waals surface area (Å²) in [5.74, 6) is -0.444. The smallest absolute Gasteiger partial charge is 0.411 e. The van der Waals surface area contributed by atoms with E-state index in [0.717, 1.165) is 0 Å². The van der Waals surface area contributed by atoms with Gasteiger partial charge in [0, 0.05) is 6.20 Å². The Kier molecular flexibility index (Phi) is 6.20. The summed E-state index contributed by atoms with van der Waals surface area (Å²) in [6, 6.07) is 8.65. The van der Waals surface area contributed by atoms with E-state index >= 15 is 0 Å². The minimum Gasteiger partial charge on any atom is -0.444 e. The number of alkyl carbamates (subject to hydrolysis) is 1. The highest BCUT2D eigenvalue weighted by Gasteiger charge is 2.14. The third kappa shape index (κ3) is 7.57. The topological polar surface area (TPSA) is 64.6 Å². The van der Waals surface area contributed by atoms with Gasteiger partial charge in [0.05, 0.1) is 11.8 Å². The fourth-order valence-corrected chi connectivity index (χ4v) is 1.27. The molecule has 0 spiro atoms. The summed E-state index contributed by atoms with van der Waals surface area (Å²) < 4.78 is 9.93. The number of allylic oxidation sites excluding steroid dienone is 2. The molecule has 0 unspecified atom stereocenters. The van der Waals surface area contributed by atoms with Crippen LogP contribution in [0, 0.1) is 0 Å². The van der Waals surface area contributed by atoms with E-state index < -0.39 is 17.7 Å². The predicted octanol–water partition coefficient (Wildman–Crippen LogP) is 3.40. The molecule has 0 fully saturated rings. The zero-order chi connectivity index (χ0) is 15.7. The van der Waals surface area contributed by atoms with Gasteiger partial charge in [0.2, 0.25) is 0 Å². The number of carbonyl (C=O) groups excluding carboxylic acids is 2. The van der Waals surface area contributed by atoms with Crippen LogP contribution in [0.15, 0.2) is 54.9 Å². The van der Waals surface area contributed by atoms with Crippen molar-refractivity contribution in [2.45, 2.75) is 26.4 Å². The molecular weight excluding hydrogens is 270 g/mol. The summed E-state index contributed by atoms with van der Waals surface area (Å²) in [5.41, 5.74) is -0.0723. The standard InChI is InChI=1S/C16H19NO4/c1-16(2,3)21-15(19)17-11-7-8-12-20-14(18)13-9-5-4-6-10-13/h4-12H,1-3H3,(H,17,19)/b11-7+,12-8+. The maximum absolute atomic E-state index is 11.6. The highest BCUT2D eigenvalue weighted by molar-refractivity contribution is 5.89. The second-order valence-corrected chi connectivity index (χ2v) is 5.11. The number of hydrogen-bond acceptors (Lipinski definition) is 4. The number of amides is 1. The monoisotopic (exact) mass is 289 g/mol. The summed E-state index contributed by atoms with van der Waals surface area (Å²) in [6.07, 6.45) is 5.08. The molecule has 0 aliphatic carbocycles. The number of esters is 1. The summed E-state index contributed by atoms with van der Waals surface area (Å²) in [6.45, 7) is 5.33. The average molecular weight is 289 g/mol. The first kappa shape index (κ1) is 16.5. The first-order valence-corrected chi connectivity index (χ1v) is 6.46. The quantitative estimate of drug-likeness (QED) is 0.524. The van der Waals surface area contributed by atoms with Gasteiger partial charge in [-0.25, -0.2) is 9.59 Å². The molecule has 112 valence electrons. The number of carbonyl (C=O) groups is 2. The summed E-state index contributed by atoms with van der Waals surface area (Å²) in [7, 11) is 0. The van der Waals surface area contributed by atoms with Gasteiger partial charge in [-0.15, -0.1) is 0 Å². The molecule has 0 saturated heterocycles. The van der Waals surface area contributed by atoms with Gasteiger partial charge in [0.25, 0.3) is 0 Å². The number of benzene rings is 1. The molecule has 1 rings (SSSR count). The number of hydrogen-bond donors (Lipinski definition) is 1. The van der Waals surface area contributed by atoms with Gasteiger partial charge in [-0.1, -0.05) is 18.2 Å². The van der Waals surface area contributed by atoms with Crippen molar-refractivity contribution < 1.29 is 19.1 Å².